The summed E-state index contributed by atoms with van der Waals surface area (Å²) < 4.78 is 0. The Morgan fingerprint density at radius 2 is 0.887 bits per heavy atom. The molecule has 53 heavy (non-hydrogen) atoms. The monoisotopic (exact) mass is 695 g/mol. The van der Waals surface area contributed by atoms with E-state index in [2.05, 4.69) is 141 Å². The van der Waals surface area contributed by atoms with Gasteiger partial charge in [0.15, 0.2) is 17.5 Å². The Morgan fingerprint density at radius 3 is 1.51 bits per heavy atom. The molecule has 0 bridgehead atoms. The van der Waals surface area contributed by atoms with Gasteiger partial charge in [-0.25, -0.2) is 15.0 Å². The van der Waals surface area contributed by atoms with Gasteiger partial charge in [-0.1, -0.05) is 177 Å². The molecule has 250 valence electrons. The Morgan fingerprint density at radius 1 is 0.396 bits per heavy atom. The van der Waals surface area contributed by atoms with Gasteiger partial charge >= 0.3 is 0 Å². The van der Waals surface area contributed by atoms with Crippen molar-refractivity contribution in [1.82, 2.24) is 15.0 Å². The first-order chi connectivity index (χ1) is 26.0. The van der Waals surface area contributed by atoms with Crippen LogP contribution in [0.3, 0.4) is 0 Å². The lowest BCUT2D eigenvalue weighted by Crippen LogP contribution is -2.32. The molecule has 7 aromatic carbocycles. The van der Waals surface area contributed by atoms with Gasteiger partial charge in [-0.3, -0.25) is 0 Å². The van der Waals surface area contributed by atoms with Crippen LogP contribution in [0.15, 0.2) is 174 Å². The largest absolute Gasteiger partial charge is 0.208 e. The summed E-state index contributed by atoms with van der Waals surface area (Å²) in [7, 11) is 0. The van der Waals surface area contributed by atoms with Crippen LogP contribution in [0.5, 0.6) is 0 Å². The molecule has 0 amide bonds. The molecule has 1 spiro atoms. The van der Waals surface area contributed by atoms with E-state index in [0.29, 0.717) is 17.5 Å². The van der Waals surface area contributed by atoms with Crippen LogP contribution in [0.25, 0.3) is 56.4 Å². The summed E-state index contributed by atoms with van der Waals surface area (Å²) in [5.41, 5.74) is 15.6. The van der Waals surface area contributed by atoms with Crippen molar-refractivity contribution in [3.8, 4) is 56.4 Å². The molecule has 0 fully saturated rings. The van der Waals surface area contributed by atoms with Crippen molar-refractivity contribution in [3.05, 3.63) is 197 Å². The summed E-state index contributed by atoms with van der Waals surface area (Å²) in [6.45, 7) is 4.73. The lowest BCUT2D eigenvalue weighted by atomic mass is 9.66. The molecule has 11 rings (SSSR count). The molecule has 0 radical (unpaired) electrons. The summed E-state index contributed by atoms with van der Waals surface area (Å²) in [5.74, 6) is 2.01. The van der Waals surface area contributed by atoms with Crippen LogP contribution in [0.1, 0.15) is 47.2 Å². The van der Waals surface area contributed by atoms with Crippen molar-refractivity contribution < 1.29 is 0 Å². The molecule has 0 saturated carbocycles. The Hall–Kier alpha value is -6.10. The van der Waals surface area contributed by atoms with Crippen LogP contribution in [-0.4, -0.2) is 15.0 Å². The maximum Gasteiger partial charge on any atom is 0.164 e. The van der Waals surface area contributed by atoms with Gasteiger partial charge in [0, 0.05) is 37.5 Å². The zero-order valence-electron chi connectivity index (χ0n) is 29.3. The van der Waals surface area contributed by atoms with Gasteiger partial charge in [-0.05, 0) is 62.2 Å². The highest BCUT2D eigenvalue weighted by Crippen LogP contribution is 2.65. The van der Waals surface area contributed by atoms with E-state index in [1.807, 2.05) is 48.2 Å². The fourth-order valence-corrected chi connectivity index (χ4v) is 10.6. The molecule has 4 heteroatoms. The first-order valence-electron chi connectivity index (χ1n) is 18.2. The number of hydrogen-bond donors (Lipinski definition) is 0. The molecule has 1 aliphatic heterocycles. The third-order valence-electron chi connectivity index (χ3n) is 11.6. The fraction of sp³-hybridized carbons (Fsp3) is 0.0816. The third-order valence-corrected chi connectivity index (χ3v) is 12.8. The smallest absolute Gasteiger partial charge is 0.164 e. The normalized spacial score (nSPS) is 14.8. The summed E-state index contributed by atoms with van der Waals surface area (Å²) in [4.78, 5) is 17.8. The summed E-state index contributed by atoms with van der Waals surface area (Å²) >= 11 is 1.92. The highest BCUT2D eigenvalue weighted by molar-refractivity contribution is 7.99. The van der Waals surface area contributed by atoms with Gasteiger partial charge < -0.3 is 0 Å². The standard InChI is InChI=1S/C49H33N3S/c1-48(2)36-26-25-32(47-51-45(30-15-5-3-6-16-30)50-46(52-47)31-17-7-4-8-18-31)29-35(36)43-40(48)27-28-41-44(43)53-42-24-14-13-23-39(42)49(41)37-21-11-9-19-33(37)34-20-10-12-22-38(34)49/h3-29H,1-2H3. The second-order valence-corrected chi connectivity index (χ2v) is 15.8. The second kappa shape index (κ2) is 11.2. The molecular weight excluding hydrogens is 663 g/mol. The highest BCUT2D eigenvalue weighted by Gasteiger charge is 2.52. The van der Waals surface area contributed by atoms with Gasteiger partial charge in [-0.15, -0.1) is 0 Å². The molecule has 2 aliphatic carbocycles. The van der Waals surface area contributed by atoms with E-state index < -0.39 is 5.41 Å². The molecule has 8 aromatic rings. The first-order valence-corrected chi connectivity index (χ1v) is 19.0. The van der Waals surface area contributed by atoms with E-state index in [1.54, 1.807) is 0 Å². The van der Waals surface area contributed by atoms with E-state index in [9.17, 15) is 0 Å². The predicted octanol–water partition coefficient (Wildman–Crippen LogP) is 12.0. The van der Waals surface area contributed by atoms with Crippen molar-refractivity contribution in [1.29, 1.82) is 0 Å². The molecular formula is C49H33N3S. The number of hydrogen-bond acceptors (Lipinski definition) is 4. The van der Waals surface area contributed by atoms with Crippen LogP contribution in [0.4, 0.5) is 0 Å². The minimum atomic E-state index is -0.423. The van der Waals surface area contributed by atoms with E-state index in [1.165, 1.54) is 65.4 Å². The minimum absolute atomic E-state index is 0.183. The molecule has 0 unspecified atom stereocenters. The minimum Gasteiger partial charge on any atom is -0.208 e. The van der Waals surface area contributed by atoms with Crippen molar-refractivity contribution in [3.63, 3.8) is 0 Å². The van der Waals surface area contributed by atoms with Gasteiger partial charge in [0.2, 0.25) is 0 Å². The predicted molar refractivity (Wildman–Crippen MR) is 215 cm³/mol. The molecule has 1 aromatic heterocycles. The average Bonchev–Trinajstić information content (AvgIpc) is 3.64. The zero-order valence-corrected chi connectivity index (χ0v) is 30.2. The number of rotatable bonds is 3. The van der Waals surface area contributed by atoms with Gasteiger partial charge in [0.05, 0.1) is 5.41 Å². The maximum absolute atomic E-state index is 5.11. The number of fused-ring (bicyclic) bond motifs is 13. The molecule has 0 saturated heterocycles. The van der Waals surface area contributed by atoms with Crippen molar-refractivity contribution in [2.45, 2.75) is 34.5 Å². The Bertz CT molecular complexity index is 2680. The first kappa shape index (κ1) is 30.5. The summed E-state index contributed by atoms with van der Waals surface area (Å²) in [6.07, 6.45) is 0. The van der Waals surface area contributed by atoms with Crippen molar-refractivity contribution >= 4 is 11.8 Å². The third kappa shape index (κ3) is 4.21. The van der Waals surface area contributed by atoms with E-state index >= 15 is 0 Å². The Balaban J connectivity index is 1.17. The Kier molecular flexibility index (Phi) is 6.45. The summed E-state index contributed by atoms with van der Waals surface area (Å²) in [5, 5.41) is 0. The molecule has 3 aliphatic rings. The van der Waals surface area contributed by atoms with Crippen LogP contribution < -0.4 is 0 Å². The van der Waals surface area contributed by atoms with Gasteiger partial charge in [0.25, 0.3) is 0 Å². The summed E-state index contributed by atoms with van der Waals surface area (Å²) in [6, 6.07) is 59.2. The van der Waals surface area contributed by atoms with E-state index in [4.69, 9.17) is 15.0 Å². The van der Waals surface area contributed by atoms with E-state index in [-0.39, 0.29) is 5.41 Å². The second-order valence-electron chi connectivity index (χ2n) is 14.7. The number of benzene rings is 7. The maximum atomic E-state index is 5.11. The van der Waals surface area contributed by atoms with Crippen LogP contribution in [0.2, 0.25) is 0 Å². The quantitative estimate of drug-likeness (QED) is 0.184. The Labute approximate surface area is 313 Å². The van der Waals surface area contributed by atoms with Crippen molar-refractivity contribution in [2.24, 2.45) is 0 Å². The molecule has 3 nitrogen and oxygen atoms in total. The van der Waals surface area contributed by atoms with E-state index in [0.717, 1.165) is 16.7 Å². The van der Waals surface area contributed by atoms with Gasteiger partial charge in [0.1, 0.15) is 0 Å². The van der Waals surface area contributed by atoms with Crippen molar-refractivity contribution in [2.75, 3.05) is 0 Å². The molecule has 0 atom stereocenters. The fourth-order valence-electron chi connectivity index (χ4n) is 9.23. The number of aromatic nitrogens is 3. The SMILES string of the molecule is CC1(C)c2ccc(-c3nc(-c4ccccc4)nc(-c4ccccc4)n3)cc2-c2c1ccc1c2Sc2ccccc2C12c1ccccc1-c1ccccc12. The molecule has 0 N–H and O–H groups in total. The van der Waals surface area contributed by atoms with Crippen LogP contribution in [0, 0.1) is 0 Å². The lowest BCUT2D eigenvalue weighted by Gasteiger charge is -2.40. The average molecular weight is 696 g/mol. The highest BCUT2D eigenvalue weighted by atomic mass is 32.2. The van der Waals surface area contributed by atoms with Crippen LogP contribution >= 0.6 is 11.8 Å². The topological polar surface area (TPSA) is 38.7 Å². The van der Waals surface area contributed by atoms with Gasteiger partial charge in [-0.2, -0.15) is 0 Å². The zero-order chi connectivity index (χ0) is 35.3. The molecule has 2 heterocycles. The number of nitrogens with zero attached hydrogens (tertiary/aromatic N) is 3. The lowest BCUT2D eigenvalue weighted by molar-refractivity contribution is 0.656. The van der Waals surface area contributed by atoms with Crippen LogP contribution in [-0.2, 0) is 10.8 Å².